The number of ether oxygens (including phenoxy) is 1. The van der Waals surface area contributed by atoms with Crippen LogP contribution in [0.1, 0.15) is 35.1 Å². The van der Waals surface area contributed by atoms with E-state index < -0.39 is 48.8 Å². The van der Waals surface area contributed by atoms with Gasteiger partial charge in [-0.05, 0) is 73.3 Å². The lowest BCUT2D eigenvalue weighted by Crippen LogP contribution is -2.28. The predicted octanol–water partition coefficient (Wildman–Crippen LogP) is 7.49. The molecule has 2 aromatic carbocycles. The van der Waals surface area contributed by atoms with Gasteiger partial charge in [-0.25, -0.2) is 0 Å². The van der Waals surface area contributed by atoms with Gasteiger partial charge < -0.3 is 4.74 Å². The zero-order valence-electron chi connectivity index (χ0n) is 18.1. The molecule has 2 atom stereocenters. The van der Waals surface area contributed by atoms with Gasteiger partial charge in [-0.3, -0.25) is 0 Å². The fourth-order valence-corrected chi connectivity index (χ4v) is 7.29. The molecule has 2 aromatic rings. The van der Waals surface area contributed by atoms with Crippen molar-refractivity contribution in [3.63, 3.8) is 0 Å². The average Bonchev–Trinajstić information content (AvgIpc) is 3.21. The van der Waals surface area contributed by atoms with Crippen molar-refractivity contribution in [2.45, 2.75) is 44.0 Å². The van der Waals surface area contributed by atoms with E-state index in [4.69, 9.17) is 4.74 Å². The summed E-state index contributed by atoms with van der Waals surface area (Å²) in [5.41, 5.74) is -3.80. The summed E-state index contributed by atoms with van der Waals surface area (Å²) < 4.78 is 128. The molecule has 188 valence electrons. The van der Waals surface area contributed by atoms with Crippen molar-refractivity contribution in [2.24, 2.45) is 0 Å². The minimum absolute atomic E-state index is 0.0198. The monoisotopic (exact) mass is 524 g/mol. The van der Waals surface area contributed by atoms with Gasteiger partial charge in [0.2, 0.25) is 0 Å². The van der Waals surface area contributed by atoms with Crippen molar-refractivity contribution >= 4 is 18.5 Å². The molecule has 0 saturated carbocycles. The highest BCUT2D eigenvalue weighted by Gasteiger charge is 2.41. The molecule has 35 heavy (non-hydrogen) atoms. The zero-order chi connectivity index (χ0) is 25.8. The summed E-state index contributed by atoms with van der Waals surface area (Å²) >= 11 is 0. The first kappa shape index (κ1) is 25.6. The van der Waals surface area contributed by atoms with Gasteiger partial charge in [-0.15, -0.1) is 0 Å². The van der Waals surface area contributed by atoms with E-state index >= 15 is 0 Å². The highest BCUT2D eigenvalue weighted by Crippen LogP contribution is 2.51. The fourth-order valence-electron chi connectivity index (χ4n) is 4.28. The van der Waals surface area contributed by atoms with E-state index in [2.05, 4.69) is 0 Å². The lowest BCUT2D eigenvalue weighted by Gasteiger charge is -2.32. The Kier molecular flexibility index (Phi) is 6.49. The van der Waals surface area contributed by atoms with Crippen LogP contribution in [0, 0.1) is 6.92 Å². The molecular formula is C24H18F9OP. The summed E-state index contributed by atoms with van der Waals surface area (Å²) in [4.78, 5) is 0. The summed E-state index contributed by atoms with van der Waals surface area (Å²) in [5.74, 6) is 0.416. The van der Waals surface area contributed by atoms with E-state index in [0.717, 1.165) is 17.7 Å². The Hall–Kier alpha value is -2.48. The molecule has 0 radical (unpaired) electrons. The molecule has 0 spiro atoms. The number of hydrogen-bond donors (Lipinski definition) is 0. The molecule has 0 saturated heterocycles. The second kappa shape index (κ2) is 8.87. The number of benzene rings is 2. The molecule has 2 aliphatic rings. The highest BCUT2D eigenvalue weighted by atomic mass is 31.1. The van der Waals surface area contributed by atoms with Crippen molar-refractivity contribution in [1.29, 1.82) is 0 Å². The number of aryl methyl sites for hydroxylation is 1. The Morgan fingerprint density at radius 2 is 1.26 bits per heavy atom. The molecule has 1 aliphatic carbocycles. The van der Waals surface area contributed by atoms with E-state index in [9.17, 15) is 39.5 Å². The number of rotatable bonds is 3. The summed E-state index contributed by atoms with van der Waals surface area (Å²) in [7, 11) is -2.14. The van der Waals surface area contributed by atoms with E-state index in [-0.39, 0.29) is 35.3 Å². The molecule has 0 N–H and O–H groups in total. The van der Waals surface area contributed by atoms with Gasteiger partial charge in [-0.2, -0.15) is 39.5 Å². The zero-order valence-corrected chi connectivity index (χ0v) is 19.0. The summed E-state index contributed by atoms with van der Waals surface area (Å²) in [6.45, 7) is 1.68. The van der Waals surface area contributed by atoms with Crippen molar-refractivity contribution < 1.29 is 44.3 Å². The summed E-state index contributed by atoms with van der Waals surface area (Å²) in [6, 6.07) is 4.35. The van der Waals surface area contributed by atoms with Crippen LogP contribution in [0.4, 0.5) is 39.5 Å². The van der Waals surface area contributed by atoms with Crippen LogP contribution in [0.5, 0.6) is 0 Å². The Balaban J connectivity index is 1.99. The predicted molar refractivity (Wildman–Crippen MR) is 114 cm³/mol. The molecule has 0 aromatic heterocycles. The molecule has 1 aliphatic heterocycles. The third kappa shape index (κ3) is 5.37. The van der Waals surface area contributed by atoms with Crippen molar-refractivity contribution in [2.75, 3.05) is 6.61 Å². The first-order valence-electron chi connectivity index (χ1n) is 10.4. The second-order valence-electron chi connectivity index (χ2n) is 8.33. The molecular weight excluding hydrogens is 506 g/mol. The molecule has 0 bridgehead atoms. The van der Waals surface area contributed by atoms with Crippen molar-refractivity contribution in [3.05, 3.63) is 82.1 Å². The van der Waals surface area contributed by atoms with Gasteiger partial charge in [-0.1, -0.05) is 18.2 Å². The lowest BCUT2D eigenvalue weighted by molar-refractivity contribution is -0.143. The van der Waals surface area contributed by atoms with Gasteiger partial charge >= 0.3 is 18.5 Å². The smallest absolute Gasteiger partial charge is 0.416 e. The maximum absolute atomic E-state index is 13.6. The van der Waals surface area contributed by atoms with Crippen LogP contribution >= 0.6 is 7.92 Å². The van der Waals surface area contributed by atoms with E-state index in [0.29, 0.717) is 24.3 Å². The van der Waals surface area contributed by atoms with Crippen LogP contribution in [0.2, 0.25) is 0 Å². The SMILES string of the molecule is Cc1cc(P(c2cc(C(F)(F)F)cc(C(F)(F)F)c2)C2CC=CC3=C2OCC3)cc(C(F)(F)F)c1. The van der Waals surface area contributed by atoms with Gasteiger partial charge in [0, 0.05) is 12.1 Å². The van der Waals surface area contributed by atoms with Crippen LogP contribution in [0.15, 0.2) is 59.9 Å². The largest absolute Gasteiger partial charge is 0.497 e. The highest BCUT2D eigenvalue weighted by molar-refractivity contribution is 7.73. The second-order valence-corrected chi connectivity index (χ2v) is 10.7. The van der Waals surface area contributed by atoms with Gasteiger partial charge in [0.1, 0.15) is 5.76 Å². The Labute approximate surface area is 196 Å². The number of halogens is 9. The van der Waals surface area contributed by atoms with E-state index in [1.54, 1.807) is 12.2 Å². The Morgan fingerprint density at radius 1 is 0.743 bits per heavy atom. The molecule has 1 nitrogen and oxygen atoms in total. The lowest BCUT2D eigenvalue weighted by atomic mass is 10.0. The molecule has 0 fully saturated rings. The first-order chi connectivity index (χ1) is 16.1. The third-order valence-electron chi connectivity index (χ3n) is 5.76. The summed E-state index contributed by atoms with van der Waals surface area (Å²) in [6.07, 6.45) is -10.7. The molecule has 1 heterocycles. The minimum Gasteiger partial charge on any atom is -0.497 e. The van der Waals surface area contributed by atoms with E-state index in [1.807, 2.05) is 0 Å². The van der Waals surface area contributed by atoms with Crippen LogP contribution in [0.3, 0.4) is 0 Å². The normalized spacial score (nSPS) is 19.5. The maximum Gasteiger partial charge on any atom is 0.416 e. The topological polar surface area (TPSA) is 9.23 Å². The molecule has 2 unspecified atom stereocenters. The van der Waals surface area contributed by atoms with Gasteiger partial charge in [0.15, 0.2) is 0 Å². The van der Waals surface area contributed by atoms with Crippen molar-refractivity contribution in [3.8, 4) is 0 Å². The maximum atomic E-state index is 13.6. The van der Waals surface area contributed by atoms with Crippen molar-refractivity contribution in [1.82, 2.24) is 0 Å². The first-order valence-corrected chi connectivity index (χ1v) is 11.9. The van der Waals surface area contributed by atoms with Crippen LogP contribution in [-0.4, -0.2) is 12.3 Å². The number of alkyl halides is 9. The van der Waals surface area contributed by atoms with E-state index in [1.165, 1.54) is 13.0 Å². The fraction of sp³-hybridized carbons (Fsp3) is 0.333. The third-order valence-corrected chi connectivity index (χ3v) is 8.45. The number of allylic oxidation sites excluding steroid dienone is 3. The average molecular weight is 524 g/mol. The minimum atomic E-state index is -5.08. The van der Waals surface area contributed by atoms with Crippen LogP contribution in [0.25, 0.3) is 0 Å². The molecule has 0 amide bonds. The Morgan fingerprint density at radius 3 is 1.80 bits per heavy atom. The number of hydrogen-bond acceptors (Lipinski definition) is 1. The standard InChI is InChI=1S/C24H18F9OP/c1-13-7-15(22(25,26)27)10-18(8-13)35(20-4-2-3-14-5-6-34-21(14)20)19-11-16(23(28,29)30)9-17(12-19)24(31,32)33/h2-3,7-12,20H,4-6H2,1H3. The molecule has 4 rings (SSSR count). The van der Waals surface area contributed by atoms with Gasteiger partial charge in [0.05, 0.1) is 23.3 Å². The quantitative estimate of drug-likeness (QED) is 0.299. The van der Waals surface area contributed by atoms with Gasteiger partial charge in [0.25, 0.3) is 0 Å². The molecule has 11 heteroatoms. The Bertz CT molecular complexity index is 1160. The van der Waals surface area contributed by atoms with Crippen LogP contribution in [-0.2, 0) is 23.3 Å². The van der Waals surface area contributed by atoms with Crippen LogP contribution < -0.4 is 10.6 Å². The summed E-state index contributed by atoms with van der Waals surface area (Å²) in [5, 5.41) is -0.286.